The molecule has 0 aliphatic heterocycles. The van der Waals surface area contributed by atoms with Crippen LogP contribution in [0.2, 0.25) is 0 Å². The Hall–Kier alpha value is -2.14. The normalized spacial score (nSPS) is 23.7. The van der Waals surface area contributed by atoms with Crippen LogP contribution in [0.4, 0.5) is 0 Å². The molecule has 0 bridgehead atoms. The minimum Gasteiger partial charge on any atom is -0.378 e. The van der Waals surface area contributed by atoms with E-state index in [2.05, 4.69) is 10.3 Å². The third-order valence-electron chi connectivity index (χ3n) is 5.88. The van der Waals surface area contributed by atoms with Crippen molar-refractivity contribution in [3.63, 3.8) is 0 Å². The molecule has 2 fully saturated rings. The van der Waals surface area contributed by atoms with E-state index in [0.29, 0.717) is 6.10 Å². The standard InChI is InChI=1S/C20H25N3O2/c1-2-25-18-12-17(20(18)8-3-9-20)22-19(24)16-6-4-15(5-7-16)13-23-11-10-21-14-23/h4-7,10-11,14,17-18H,2-3,8-9,12-13H2,1H3,(H,22,24). The SMILES string of the molecule is CCOC1CC(NC(=O)c2ccc(Cn3ccnc3)cc2)C12CCC2. The third-order valence-corrected chi connectivity index (χ3v) is 5.88. The molecule has 2 atom stereocenters. The number of rotatable bonds is 6. The summed E-state index contributed by atoms with van der Waals surface area (Å²) in [5.41, 5.74) is 2.08. The van der Waals surface area contributed by atoms with Gasteiger partial charge in [0, 0.05) is 42.6 Å². The number of ether oxygens (including phenoxy) is 1. The van der Waals surface area contributed by atoms with Crippen molar-refractivity contribution < 1.29 is 9.53 Å². The minimum absolute atomic E-state index is 0.0282. The first-order valence-corrected chi connectivity index (χ1v) is 9.18. The predicted molar refractivity (Wildman–Crippen MR) is 95.3 cm³/mol. The predicted octanol–water partition coefficient (Wildman–Crippen LogP) is 3.01. The molecular weight excluding hydrogens is 314 g/mol. The maximum absolute atomic E-state index is 12.6. The molecule has 0 saturated heterocycles. The van der Waals surface area contributed by atoms with Crippen LogP contribution in [0.15, 0.2) is 43.0 Å². The van der Waals surface area contributed by atoms with Crippen molar-refractivity contribution in [2.24, 2.45) is 5.41 Å². The summed E-state index contributed by atoms with van der Waals surface area (Å²) in [6.45, 7) is 3.57. The number of aromatic nitrogens is 2. The van der Waals surface area contributed by atoms with Crippen LogP contribution in [0.1, 0.15) is 48.5 Å². The molecular formula is C20H25N3O2. The molecule has 5 heteroatoms. The summed E-state index contributed by atoms with van der Waals surface area (Å²) in [6, 6.07) is 8.10. The quantitative estimate of drug-likeness (QED) is 0.880. The van der Waals surface area contributed by atoms with Gasteiger partial charge in [-0.3, -0.25) is 4.79 Å². The summed E-state index contributed by atoms with van der Waals surface area (Å²) in [5.74, 6) is 0.0282. The highest BCUT2D eigenvalue weighted by atomic mass is 16.5. The largest absolute Gasteiger partial charge is 0.378 e. The van der Waals surface area contributed by atoms with Gasteiger partial charge in [-0.15, -0.1) is 0 Å². The molecule has 132 valence electrons. The molecule has 1 spiro atoms. The van der Waals surface area contributed by atoms with E-state index in [0.717, 1.165) is 30.7 Å². The van der Waals surface area contributed by atoms with Crippen LogP contribution >= 0.6 is 0 Å². The van der Waals surface area contributed by atoms with Gasteiger partial charge in [0.05, 0.1) is 12.4 Å². The van der Waals surface area contributed by atoms with Crippen molar-refractivity contribution in [1.29, 1.82) is 0 Å². The lowest BCUT2D eigenvalue weighted by atomic mass is 9.51. The van der Waals surface area contributed by atoms with Gasteiger partial charge in [0.2, 0.25) is 0 Å². The molecule has 25 heavy (non-hydrogen) atoms. The van der Waals surface area contributed by atoms with Gasteiger partial charge in [0.25, 0.3) is 5.91 Å². The van der Waals surface area contributed by atoms with E-state index in [1.165, 1.54) is 19.3 Å². The molecule has 2 aromatic rings. The van der Waals surface area contributed by atoms with Crippen LogP contribution in [-0.4, -0.2) is 34.2 Å². The van der Waals surface area contributed by atoms with Gasteiger partial charge in [-0.1, -0.05) is 18.6 Å². The van der Waals surface area contributed by atoms with E-state index in [1.54, 1.807) is 12.5 Å². The molecule has 2 saturated carbocycles. The van der Waals surface area contributed by atoms with Gasteiger partial charge in [0.1, 0.15) is 0 Å². The van der Waals surface area contributed by atoms with E-state index in [4.69, 9.17) is 4.74 Å². The molecule has 2 aliphatic carbocycles. The number of nitrogens with one attached hydrogen (secondary N) is 1. The number of hydrogen-bond acceptors (Lipinski definition) is 3. The number of imidazole rings is 1. The Morgan fingerprint density at radius 1 is 1.36 bits per heavy atom. The van der Waals surface area contributed by atoms with Crippen molar-refractivity contribution in [3.05, 3.63) is 54.1 Å². The Balaban J connectivity index is 1.37. The lowest BCUT2D eigenvalue weighted by Crippen LogP contribution is -2.67. The van der Waals surface area contributed by atoms with Gasteiger partial charge in [-0.05, 0) is 43.9 Å². The summed E-state index contributed by atoms with van der Waals surface area (Å²) < 4.78 is 7.87. The fourth-order valence-corrected chi connectivity index (χ4v) is 4.23. The number of amides is 1. The van der Waals surface area contributed by atoms with Crippen LogP contribution in [0.5, 0.6) is 0 Å². The molecule has 4 rings (SSSR count). The maximum atomic E-state index is 12.6. The van der Waals surface area contributed by atoms with Gasteiger partial charge in [0.15, 0.2) is 0 Å². The highest BCUT2D eigenvalue weighted by molar-refractivity contribution is 5.94. The van der Waals surface area contributed by atoms with Gasteiger partial charge < -0.3 is 14.6 Å². The summed E-state index contributed by atoms with van der Waals surface area (Å²) in [4.78, 5) is 16.6. The van der Waals surface area contributed by atoms with E-state index in [9.17, 15) is 4.79 Å². The first kappa shape index (κ1) is 16.3. The second-order valence-corrected chi connectivity index (χ2v) is 7.22. The van der Waals surface area contributed by atoms with E-state index >= 15 is 0 Å². The number of hydrogen-bond donors (Lipinski definition) is 1. The van der Waals surface area contributed by atoms with Crippen molar-refractivity contribution in [2.75, 3.05) is 6.61 Å². The van der Waals surface area contributed by atoms with Gasteiger partial charge in [-0.2, -0.15) is 0 Å². The first-order valence-electron chi connectivity index (χ1n) is 9.18. The average molecular weight is 339 g/mol. The molecule has 0 radical (unpaired) electrons. The molecule has 2 unspecified atom stereocenters. The summed E-state index contributed by atoms with van der Waals surface area (Å²) in [5, 5.41) is 3.24. The lowest BCUT2D eigenvalue weighted by molar-refractivity contribution is -0.169. The van der Waals surface area contributed by atoms with E-state index < -0.39 is 0 Å². The number of nitrogens with zero attached hydrogens (tertiary/aromatic N) is 2. The van der Waals surface area contributed by atoms with Crippen LogP contribution in [0.3, 0.4) is 0 Å². The highest BCUT2D eigenvalue weighted by Crippen LogP contribution is 2.57. The first-order chi connectivity index (χ1) is 12.2. The number of benzene rings is 1. The van der Waals surface area contributed by atoms with Crippen molar-refractivity contribution in [3.8, 4) is 0 Å². The van der Waals surface area contributed by atoms with Crippen LogP contribution < -0.4 is 5.32 Å². The molecule has 1 aromatic heterocycles. The number of carbonyl (C=O) groups is 1. The zero-order valence-electron chi connectivity index (χ0n) is 14.6. The van der Waals surface area contributed by atoms with E-state index in [-0.39, 0.29) is 17.4 Å². The Morgan fingerprint density at radius 2 is 2.16 bits per heavy atom. The second-order valence-electron chi connectivity index (χ2n) is 7.22. The van der Waals surface area contributed by atoms with Gasteiger partial charge >= 0.3 is 0 Å². The molecule has 1 heterocycles. The Labute approximate surface area is 148 Å². The Kier molecular flexibility index (Phi) is 4.34. The summed E-state index contributed by atoms with van der Waals surface area (Å²) >= 11 is 0. The zero-order chi connectivity index (χ0) is 17.3. The lowest BCUT2D eigenvalue weighted by Gasteiger charge is -2.61. The van der Waals surface area contributed by atoms with Crippen LogP contribution in [0.25, 0.3) is 0 Å². The Bertz CT molecular complexity index is 720. The molecule has 2 aliphatic rings. The molecule has 5 nitrogen and oxygen atoms in total. The van der Waals surface area contributed by atoms with E-state index in [1.807, 2.05) is 42.0 Å². The Morgan fingerprint density at radius 3 is 2.76 bits per heavy atom. The summed E-state index contributed by atoms with van der Waals surface area (Å²) in [7, 11) is 0. The van der Waals surface area contributed by atoms with Gasteiger partial charge in [-0.25, -0.2) is 4.98 Å². The fourth-order valence-electron chi connectivity index (χ4n) is 4.23. The van der Waals surface area contributed by atoms with Crippen LogP contribution in [-0.2, 0) is 11.3 Å². The smallest absolute Gasteiger partial charge is 0.251 e. The molecule has 1 aromatic carbocycles. The zero-order valence-corrected chi connectivity index (χ0v) is 14.6. The highest BCUT2D eigenvalue weighted by Gasteiger charge is 2.59. The van der Waals surface area contributed by atoms with Crippen molar-refractivity contribution in [2.45, 2.75) is 51.3 Å². The topological polar surface area (TPSA) is 56.1 Å². The molecule has 1 N–H and O–H groups in total. The maximum Gasteiger partial charge on any atom is 0.251 e. The fraction of sp³-hybridized carbons (Fsp3) is 0.500. The second kappa shape index (κ2) is 6.64. The minimum atomic E-state index is 0.0282. The summed E-state index contributed by atoms with van der Waals surface area (Å²) in [6.07, 6.45) is 10.4. The molecule has 1 amide bonds. The van der Waals surface area contributed by atoms with Crippen molar-refractivity contribution >= 4 is 5.91 Å². The average Bonchev–Trinajstić information content (AvgIpc) is 3.06. The van der Waals surface area contributed by atoms with Crippen LogP contribution in [0, 0.1) is 5.41 Å². The third kappa shape index (κ3) is 2.97. The number of carbonyl (C=O) groups excluding carboxylic acids is 1. The monoisotopic (exact) mass is 339 g/mol. The van der Waals surface area contributed by atoms with Crippen molar-refractivity contribution in [1.82, 2.24) is 14.9 Å².